The number of esters is 1. The smallest absolute Gasteiger partial charge is 0.338 e. The molecule has 11 nitrogen and oxygen atoms in total. The van der Waals surface area contributed by atoms with Gasteiger partial charge in [-0.25, -0.2) is 9.79 Å². The third kappa shape index (κ3) is 7.41. The zero-order valence-electron chi connectivity index (χ0n) is 27.0. The highest BCUT2D eigenvalue weighted by molar-refractivity contribution is 14.1. The molecule has 48 heavy (non-hydrogen) atoms. The number of aromatic hydroxyl groups is 1. The van der Waals surface area contributed by atoms with Gasteiger partial charge < -0.3 is 29.4 Å². The number of carbonyl (C=O) groups excluding carboxylic acids is 2. The number of methoxy groups -OCH3 is 1. The van der Waals surface area contributed by atoms with E-state index in [1.54, 1.807) is 38.1 Å². The van der Waals surface area contributed by atoms with Gasteiger partial charge in [-0.3, -0.25) is 14.2 Å². The molecule has 0 spiro atoms. The number of rotatable bonds is 11. The van der Waals surface area contributed by atoms with E-state index >= 15 is 0 Å². The summed E-state index contributed by atoms with van der Waals surface area (Å²) in [6.45, 7) is 7.47. The quantitative estimate of drug-likeness (QED) is 0.163. The van der Waals surface area contributed by atoms with E-state index in [-0.39, 0.29) is 41.8 Å². The summed E-state index contributed by atoms with van der Waals surface area (Å²) >= 11 is 3.29. The van der Waals surface area contributed by atoms with Gasteiger partial charge in [-0.1, -0.05) is 35.1 Å². The van der Waals surface area contributed by atoms with Gasteiger partial charge in [0.05, 0.1) is 45.7 Å². The predicted molar refractivity (Wildman–Crippen MR) is 191 cm³/mol. The highest BCUT2D eigenvalue weighted by atomic mass is 127. The molecule has 0 aliphatic carbocycles. The van der Waals surface area contributed by atoms with Crippen LogP contribution in [0.25, 0.3) is 6.08 Å². The number of thiazole rings is 1. The van der Waals surface area contributed by atoms with Gasteiger partial charge in [-0.15, -0.1) is 0 Å². The number of phenolic OH excluding ortho intramolecular Hbond substituents is 1. The van der Waals surface area contributed by atoms with E-state index in [9.17, 15) is 19.5 Å². The number of phenols is 1. The van der Waals surface area contributed by atoms with Gasteiger partial charge in [0.1, 0.15) is 0 Å². The maximum Gasteiger partial charge on any atom is 0.338 e. The predicted octanol–water partition coefficient (Wildman–Crippen LogP) is 4.84. The molecule has 1 aliphatic heterocycles. The third-order valence-corrected chi connectivity index (χ3v) is 9.13. The van der Waals surface area contributed by atoms with E-state index in [4.69, 9.17) is 18.9 Å². The van der Waals surface area contributed by atoms with Crippen LogP contribution >= 0.6 is 33.9 Å². The van der Waals surface area contributed by atoms with Crippen molar-refractivity contribution in [1.29, 1.82) is 0 Å². The molecule has 13 heteroatoms. The first-order valence-corrected chi connectivity index (χ1v) is 17.0. The number of nitrogens with one attached hydrogen (secondary N) is 1. The maximum atomic E-state index is 14.1. The molecule has 1 aromatic heterocycles. The SMILES string of the molecule is CCOC(=O)C1=C(C)N=c2s/c(=C/c3cc(I)c(OCC(=O)Nc4ccc(C)cc4)c(OCC)c3)c(=O)n2[C@@H]1c1ccc(O)c(OC)c1. The van der Waals surface area contributed by atoms with Crippen molar-refractivity contribution in [3.63, 3.8) is 0 Å². The molecule has 0 fully saturated rings. The van der Waals surface area contributed by atoms with Crippen LogP contribution in [0.3, 0.4) is 0 Å². The number of aryl methyl sites for hydroxylation is 1. The van der Waals surface area contributed by atoms with Gasteiger partial charge in [0.15, 0.2) is 34.4 Å². The van der Waals surface area contributed by atoms with Gasteiger partial charge in [-0.05, 0) is 104 Å². The first kappa shape index (κ1) is 34.7. The van der Waals surface area contributed by atoms with E-state index in [0.29, 0.717) is 53.5 Å². The van der Waals surface area contributed by atoms with Crippen LogP contribution in [0.1, 0.15) is 43.5 Å². The number of allylic oxidation sites excluding steroid dienone is 1. The van der Waals surface area contributed by atoms with E-state index in [2.05, 4.69) is 32.9 Å². The number of hydrogen-bond acceptors (Lipinski definition) is 10. The Hall–Kier alpha value is -4.63. The fraction of sp³-hybridized carbons (Fsp3) is 0.257. The van der Waals surface area contributed by atoms with Gasteiger partial charge in [0.25, 0.3) is 11.5 Å². The Morgan fingerprint density at radius 3 is 2.48 bits per heavy atom. The van der Waals surface area contributed by atoms with E-state index in [1.165, 1.54) is 29.1 Å². The number of anilines is 1. The summed E-state index contributed by atoms with van der Waals surface area (Å²) in [5.74, 6) is 0.0309. The van der Waals surface area contributed by atoms with Crippen LogP contribution in [0.2, 0.25) is 0 Å². The van der Waals surface area contributed by atoms with Gasteiger partial charge in [-0.2, -0.15) is 0 Å². The molecule has 0 unspecified atom stereocenters. The zero-order valence-corrected chi connectivity index (χ0v) is 29.9. The Bertz CT molecular complexity index is 2090. The first-order chi connectivity index (χ1) is 23.0. The number of amides is 1. The Morgan fingerprint density at radius 1 is 1.04 bits per heavy atom. The molecule has 1 amide bonds. The van der Waals surface area contributed by atoms with Gasteiger partial charge in [0, 0.05) is 5.69 Å². The van der Waals surface area contributed by atoms with Crippen LogP contribution in [-0.2, 0) is 14.3 Å². The van der Waals surface area contributed by atoms with Crippen molar-refractivity contribution in [2.24, 2.45) is 4.99 Å². The minimum absolute atomic E-state index is 0.0777. The molecule has 1 atom stereocenters. The van der Waals surface area contributed by atoms with E-state index in [0.717, 1.165) is 5.56 Å². The summed E-state index contributed by atoms with van der Waals surface area (Å²) in [4.78, 5) is 44.9. The Labute approximate surface area is 294 Å². The van der Waals surface area contributed by atoms with Crippen molar-refractivity contribution in [3.8, 4) is 23.0 Å². The van der Waals surface area contributed by atoms with Crippen molar-refractivity contribution in [1.82, 2.24) is 4.57 Å². The average molecular weight is 784 g/mol. The Balaban J connectivity index is 1.52. The number of ether oxygens (including phenoxy) is 4. The van der Waals surface area contributed by atoms with E-state index < -0.39 is 12.0 Å². The number of carbonyl (C=O) groups is 2. The zero-order chi connectivity index (χ0) is 34.5. The third-order valence-electron chi connectivity index (χ3n) is 7.35. The molecule has 0 radical (unpaired) electrons. The molecular weight excluding hydrogens is 749 g/mol. The summed E-state index contributed by atoms with van der Waals surface area (Å²) in [7, 11) is 1.42. The summed E-state index contributed by atoms with van der Waals surface area (Å²) in [5, 5.41) is 13.1. The van der Waals surface area contributed by atoms with Crippen LogP contribution < -0.4 is 34.4 Å². The van der Waals surface area contributed by atoms with Crippen molar-refractivity contribution >= 4 is 57.6 Å². The molecule has 5 rings (SSSR count). The lowest BCUT2D eigenvalue weighted by Crippen LogP contribution is -2.39. The van der Waals surface area contributed by atoms with Crippen LogP contribution in [0, 0.1) is 10.5 Å². The lowest BCUT2D eigenvalue weighted by Gasteiger charge is -2.25. The van der Waals surface area contributed by atoms with Crippen molar-refractivity contribution in [3.05, 3.63) is 106 Å². The number of hydrogen-bond donors (Lipinski definition) is 2. The highest BCUT2D eigenvalue weighted by Crippen LogP contribution is 2.36. The van der Waals surface area contributed by atoms with Crippen molar-refractivity contribution in [2.75, 3.05) is 32.2 Å². The average Bonchev–Trinajstić information content (AvgIpc) is 3.35. The van der Waals surface area contributed by atoms with Crippen LogP contribution in [0.15, 0.2) is 75.7 Å². The molecular formula is C35H34IN3O8S. The molecule has 250 valence electrons. The minimum Gasteiger partial charge on any atom is -0.504 e. The molecule has 2 N–H and O–H groups in total. The molecule has 3 aromatic carbocycles. The number of fused-ring (bicyclic) bond motifs is 1. The molecule has 2 heterocycles. The molecule has 0 bridgehead atoms. The summed E-state index contributed by atoms with van der Waals surface area (Å²) in [6, 6.07) is 14.8. The lowest BCUT2D eigenvalue weighted by atomic mass is 9.95. The number of halogens is 1. The Kier molecular flexibility index (Phi) is 10.9. The summed E-state index contributed by atoms with van der Waals surface area (Å²) < 4.78 is 25.0. The lowest BCUT2D eigenvalue weighted by molar-refractivity contribution is -0.139. The monoisotopic (exact) mass is 783 g/mol. The van der Waals surface area contributed by atoms with Crippen LogP contribution in [0.5, 0.6) is 23.0 Å². The summed E-state index contributed by atoms with van der Waals surface area (Å²) in [6.07, 6.45) is 1.72. The van der Waals surface area contributed by atoms with Crippen molar-refractivity contribution < 1.29 is 33.6 Å². The van der Waals surface area contributed by atoms with Crippen molar-refractivity contribution in [2.45, 2.75) is 33.7 Å². The maximum absolute atomic E-state index is 14.1. The van der Waals surface area contributed by atoms with Gasteiger partial charge in [0.2, 0.25) is 0 Å². The molecule has 0 saturated carbocycles. The van der Waals surface area contributed by atoms with Gasteiger partial charge >= 0.3 is 5.97 Å². The number of aromatic nitrogens is 1. The molecule has 1 aliphatic rings. The first-order valence-electron chi connectivity index (χ1n) is 15.1. The second kappa shape index (κ2) is 15.1. The Morgan fingerprint density at radius 2 is 1.79 bits per heavy atom. The topological polar surface area (TPSA) is 138 Å². The second-order valence-corrected chi connectivity index (χ2v) is 12.9. The molecule has 4 aromatic rings. The number of nitrogens with zero attached hydrogens (tertiary/aromatic N) is 2. The minimum atomic E-state index is -0.877. The largest absolute Gasteiger partial charge is 0.504 e. The second-order valence-electron chi connectivity index (χ2n) is 10.7. The number of benzene rings is 3. The van der Waals surface area contributed by atoms with Crippen LogP contribution in [-0.4, -0.2) is 48.5 Å². The fourth-order valence-electron chi connectivity index (χ4n) is 5.17. The van der Waals surface area contributed by atoms with Crippen LogP contribution in [0.4, 0.5) is 5.69 Å². The van der Waals surface area contributed by atoms with E-state index in [1.807, 2.05) is 44.2 Å². The summed E-state index contributed by atoms with van der Waals surface area (Å²) in [5.41, 5.74) is 3.21. The fourth-order valence-corrected chi connectivity index (χ4v) is 7.00. The standard InChI is InChI=1S/C35H34IN3O8S/c1-6-45-27-15-21(14-24(36)32(27)47-18-29(41)38-23-11-8-19(3)9-12-23)16-28-33(42)39-31(22-10-13-25(40)26(17-22)44-5)30(34(43)46-7-2)20(4)37-35(39)48-28/h8-17,31,40H,6-7,18H2,1-5H3,(H,38,41)/b28-16+/t31-/m1/s1. The highest BCUT2D eigenvalue weighted by Gasteiger charge is 2.34. The normalized spacial score (nSPS) is 14.2. The molecule has 0 saturated heterocycles.